The first-order valence-electron chi connectivity index (χ1n) is 7.34. The Morgan fingerprint density at radius 1 is 1.18 bits per heavy atom. The Bertz CT molecular complexity index is 620. The van der Waals surface area contributed by atoms with E-state index in [4.69, 9.17) is 0 Å². The topological polar surface area (TPSA) is 69.7 Å². The number of piperidine rings is 1. The van der Waals surface area contributed by atoms with E-state index in [0.29, 0.717) is 5.56 Å². The van der Waals surface area contributed by atoms with Crippen molar-refractivity contribution in [1.29, 1.82) is 0 Å². The lowest BCUT2D eigenvalue weighted by Crippen LogP contribution is -2.46. The van der Waals surface area contributed by atoms with Crippen molar-refractivity contribution in [2.45, 2.75) is 23.8 Å². The standard InChI is InChI=1S/C15H23N3O3S/c1-17(2)22(20,21)14-8-6-12(7-9-14)15(19)18(3)13-5-4-10-16-11-13/h6-9,13,16H,4-5,10-11H2,1-3H3. The number of rotatable bonds is 4. The average molecular weight is 325 g/mol. The van der Waals surface area contributed by atoms with E-state index in [1.165, 1.54) is 26.2 Å². The van der Waals surface area contributed by atoms with Crippen LogP contribution in [0.4, 0.5) is 0 Å². The molecule has 1 fully saturated rings. The highest BCUT2D eigenvalue weighted by atomic mass is 32.2. The van der Waals surface area contributed by atoms with Crippen LogP contribution in [0.3, 0.4) is 0 Å². The highest BCUT2D eigenvalue weighted by molar-refractivity contribution is 7.89. The van der Waals surface area contributed by atoms with E-state index in [9.17, 15) is 13.2 Å². The van der Waals surface area contributed by atoms with Crippen molar-refractivity contribution in [2.75, 3.05) is 34.2 Å². The van der Waals surface area contributed by atoms with Crippen LogP contribution in [0.2, 0.25) is 0 Å². The van der Waals surface area contributed by atoms with Crippen molar-refractivity contribution in [3.63, 3.8) is 0 Å². The molecule has 6 nitrogen and oxygen atoms in total. The average Bonchev–Trinajstić information content (AvgIpc) is 2.54. The number of carbonyl (C=O) groups excluding carboxylic acids is 1. The summed E-state index contributed by atoms with van der Waals surface area (Å²) in [5.74, 6) is -0.0810. The summed E-state index contributed by atoms with van der Waals surface area (Å²) < 4.78 is 25.2. The predicted octanol–water partition coefficient (Wildman–Crippen LogP) is 0.761. The highest BCUT2D eigenvalue weighted by Gasteiger charge is 2.23. The lowest BCUT2D eigenvalue weighted by Gasteiger charge is -2.31. The second kappa shape index (κ2) is 6.76. The fraction of sp³-hybridized carbons (Fsp3) is 0.533. The van der Waals surface area contributed by atoms with Gasteiger partial charge in [0.05, 0.1) is 4.90 Å². The maximum atomic E-state index is 12.5. The first-order valence-corrected chi connectivity index (χ1v) is 8.78. The van der Waals surface area contributed by atoms with Gasteiger partial charge >= 0.3 is 0 Å². The highest BCUT2D eigenvalue weighted by Crippen LogP contribution is 2.17. The molecule has 0 bridgehead atoms. The summed E-state index contributed by atoms with van der Waals surface area (Å²) in [5.41, 5.74) is 0.505. The quantitative estimate of drug-likeness (QED) is 0.887. The molecule has 0 aromatic heterocycles. The van der Waals surface area contributed by atoms with Gasteiger partial charge < -0.3 is 10.2 Å². The molecule has 1 atom stereocenters. The van der Waals surface area contributed by atoms with Gasteiger partial charge in [0.2, 0.25) is 10.0 Å². The SMILES string of the molecule is CN(C(=O)c1ccc(S(=O)(=O)N(C)C)cc1)C1CCCNC1. The summed E-state index contributed by atoms with van der Waals surface area (Å²) in [5, 5.41) is 3.28. The number of nitrogens with zero attached hydrogens (tertiary/aromatic N) is 2. The zero-order valence-electron chi connectivity index (χ0n) is 13.2. The van der Waals surface area contributed by atoms with E-state index >= 15 is 0 Å². The first kappa shape index (κ1) is 16.9. The van der Waals surface area contributed by atoms with Crippen molar-refractivity contribution >= 4 is 15.9 Å². The van der Waals surface area contributed by atoms with Gasteiger partial charge in [0.15, 0.2) is 0 Å². The van der Waals surface area contributed by atoms with Gasteiger partial charge in [-0.3, -0.25) is 4.79 Å². The number of amides is 1. The lowest BCUT2D eigenvalue weighted by atomic mass is 10.1. The van der Waals surface area contributed by atoms with E-state index in [2.05, 4.69) is 5.32 Å². The van der Waals surface area contributed by atoms with Gasteiger partial charge in [0.1, 0.15) is 0 Å². The van der Waals surface area contributed by atoms with Crippen LogP contribution in [0.25, 0.3) is 0 Å². The Labute approximate surface area is 132 Å². The van der Waals surface area contributed by atoms with Crippen molar-refractivity contribution in [3.05, 3.63) is 29.8 Å². The van der Waals surface area contributed by atoms with Gasteiger partial charge in [-0.15, -0.1) is 0 Å². The molecule has 22 heavy (non-hydrogen) atoms. The molecular weight excluding hydrogens is 302 g/mol. The van der Waals surface area contributed by atoms with Crippen molar-refractivity contribution in [3.8, 4) is 0 Å². The second-order valence-electron chi connectivity index (χ2n) is 5.73. The largest absolute Gasteiger partial charge is 0.337 e. The molecule has 1 aromatic rings. The van der Waals surface area contributed by atoms with Gasteiger partial charge in [0.25, 0.3) is 5.91 Å². The molecule has 0 radical (unpaired) electrons. The molecule has 1 aliphatic rings. The summed E-state index contributed by atoms with van der Waals surface area (Å²) >= 11 is 0. The predicted molar refractivity (Wildman–Crippen MR) is 85.3 cm³/mol. The van der Waals surface area contributed by atoms with Crippen LogP contribution in [0.15, 0.2) is 29.2 Å². The molecule has 1 unspecified atom stereocenters. The summed E-state index contributed by atoms with van der Waals surface area (Å²) in [6, 6.07) is 6.30. The van der Waals surface area contributed by atoms with Crippen molar-refractivity contribution in [1.82, 2.24) is 14.5 Å². The number of likely N-dealkylation sites (N-methyl/N-ethyl adjacent to an activating group) is 1. The van der Waals surface area contributed by atoms with Crippen LogP contribution in [0.5, 0.6) is 0 Å². The minimum Gasteiger partial charge on any atom is -0.337 e. The summed E-state index contributed by atoms with van der Waals surface area (Å²) in [7, 11) is 1.30. The van der Waals surface area contributed by atoms with E-state index in [1.807, 2.05) is 0 Å². The van der Waals surface area contributed by atoms with Crippen LogP contribution < -0.4 is 5.32 Å². The number of hydrogen-bond acceptors (Lipinski definition) is 4. The third-order valence-electron chi connectivity index (χ3n) is 4.02. The van der Waals surface area contributed by atoms with Crippen LogP contribution in [0.1, 0.15) is 23.2 Å². The summed E-state index contributed by atoms with van der Waals surface area (Å²) in [6.45, 7) is 1.80. The number of nitrogens with one attached hydrogen (secondary N) is 1. The van der Waals surface area contributed by atoms with E-state index in [-0.39, 0.29) is 16.8 Å². The molecule has 1 aromatic carbocycles. The molecule has 0 saturated carbocycles. The Hall–Kier alpha value is -1.44. The van der Waals surface area contributed by atoms with E-state index in [0.717, 1.165) is 30.2 Å². The maximum Gasteiger partial charge on any atom is 0.253 e. The van der Waals surface area contributed by atoms with Crippen molar-refractivity contribution in [2.24, 2.45) is 0 Å². The molecular formula is C15H23N3O3S. The molecule has 1 saturated heterocycles. The number of carbonyl (C=O) groups is 1. The van der Waals surface area contributed by atoms with Crippen LogP contribution in [0, 0.1) is 0 Å². The fourth-order valence-corrected chi connectivity index (χ4v) is 3.42. The maximum absolute atomic E-state index is 12.5. The molecule has 1 aliphatic heterocycles. The monoisotopic (exact) mass is 325 g/mol. The third kappa shape index (κ3) is 3.48. The molecule has 1 amide bonds. The van der Waals surface area contributed by atoms with Gasteiger partial charge in [-0.25, -0.2) is 12.7 Å². The number of benzene rings is 1. The lowest BCUT2D eigenvalue weighted by molar-refractivity contribution is 0.0708. The molecule has 122 valence electrons. The Kier molecular flexibility index (Phi) is 5.20. The molecule has 7 heteroatoms. The number of hydrogen-bond donors (Lipinski definition) is 1. The first-order chi connectivity index (χ1) is 10.3. The van der Waals surface area contributed by atoms with E-state index < -0.39 is 10.0 Å². The zero-order chi connectivity index (χ0) is 16.3. The summed E-state index contributed by atoms with van der Waals surface area (Å²) in [6.07, 6.45) is 2.05. The minimum absolute atomic E-state index is 0.0810. The second-order valence-corrected chi connectivity index (χ2v) is 7.88. The third-order valence-corrected chi connectivity index (χ3v) is 5.85. The van der Waals surface area contributed by atoms with Crippen LogP contribution in [-0.2, 0) is 10.0 Å². The van der Waals surface area contributed by atoms with Gasteiger partial charge in [0, 0.05) is 39.3 Å². The Balaban J connectivity index is 2.14. The molecule has 1 N–H and O–H groups in total. The smallest absolute Gasteiger partial charge is 0.253 e. The zero-order valence-corrected chi connectivity index (χ0v) is 14.1. The van der Waals surface area contributed by atoms with E-state index in [1.54, 1.807) is 24.1 Å². The van der Waals surface area contributed by atoms with Crippen LogP contribution >= 0.6 is 0 Å². The normalized spacial score (nSPS) is 19.2. The minimum atomic E-state index is -3.46. The number of sulfonamides is 1. The molecule has 1 heterocycles. The fourth-order valence-electron chi connectivity index (χ4n) is 2.51. The van der Waals surface area contributed by atoms with Crippen molar-refractivity contribution < 1.29 is 13.2 Å². The van der Waals surface area contributed by atoms with Crippen LogP contribution in [-0.4, -0.2) is 63.8 Å². The Morgan fingerprint density at radius 3 is 2.32 bits per heavy atom. The molecule has 2 rings (SSSR count). The molecule has 0 aliphatic carbocycles. The van der Waals surface area contributed by atoms with Gasteiger partial charge in [-0.2, -0.15) is 0 Å². The Morgan fingerprint density at radius 2 is 1.82 bits per heavy atom. The molecule has 0 spiro atoms. The summed E-state index contributed by atoms with van der Waals surface area (Å²) in [4.78, 5) is 14.4. The van der Waals surface area contributed by atoms with Gasteiger partial charge in [-0.05, 0) is 43.7 Å². The van der Waals surface area contributed by atoms with Gasteiger partial charge in [-0.1, -0.05) is 0 Å².